The highest BCUT2D eigenvalue weighted by molar-refractivity contribution is 5.99. The molecule has 1 heterocycles. The van der Waals surface area contributed by atoms with Crippen LogP contribution in [0.2, 0.25) is 0 Å². The van der Waals surface area contributed by atoms with Crippen LogP contribution in [-0.4, -0.2) is 56.3 Å². The van der Waals surface area contributed by atoms with Gasteiger partial charge in [-0.3, -0.25) is 4.79 Å². The second-order valence-electron chi connectivity index (χ2n) is 5.81. The highest BCUT2D eigenvalue weighted by Gasteiger charge is 2.27. The fraction of sp³-hybridized carbons (Fsp3) is 0.316. The van der Waals surface area contributed by atoms with E-state index in [1.54, 1.807) is 24.1 Å². The maximum absolute atomic E-state index is 12.8. The number of ether oxygens (including phenoxy) is 2. The number of aromatic hydroxyl groups is 1. The monoisotopic (exact) mass is 342 g/mol. The number of carbonyl (C=O) groups excluding carboxylic acids is 1. The molecule has 6 heteroatoms. The van der Waals surface area contributed by atoms with Gasteiger partial charge in [0.15, 0.2) is 0 Å². The molecule has 6 nitrogen and oxygen atoms in total. The second-order valence-corrected chi connectivity index (χ2v) is 5.81. The van der Waals surface area contributed by atoms with E-state index in [0.29, 0.717) is 31.9 Å². The first-order valence-electron chi connectivity index (χ1n) is 8.19. The van der Waals surface area contributed by atoms with E-state index in [0.717, 1.165) is 11.4 Å². The molecule has 1 aliphatic rings. The Bertz CT molecular complexity index is 755. The number of hydrogen-bond acceptors (Lipinski definition) is 5. The van der Waals surface area contributed by atoms with Crippen molar-refractivity contribution in [1.82, 2.24) is 4.90 Å². The Morgan fingerprint density at radius 1 is 0.920 bits per heavy atom. The van der Waals surface area contributed by atoms with Crippen LogP contribution in [0.4, 0.5) is 5.69 Å². The van der Waals surface area contributed by atoms with Crippen LogP contribution in [0.5, 0.6) is 17.2 Å². The van der Waals surface area contributed by atoms with Crippen molar-refractivity contribution in [2.45, 2.75) is 0 Å². The molecule has 0 bridgehead atoms. The van der Waals surface area contributed by atoms with Gasteiger partial charge in [0.05, 0.1) is 19.9 Å². The van der Waals surface area contributed by atoms with E-state index in [-0.39, 0.29) is 17.2 Å². The normalized spacial score (nSPS) is 14.3. The molecule has 2 aromatic rings. The van der Waals surface area contributed by atoms with E-state index in [4.69, 9.17) is 9.47 Å². The largest absolute Gasteiger partial charge is 0.507 e. The molecular formula is C19H22N2O4. The SMILES string of the molecule is COc1ccccc1N1CCN(C(=O)c2c(O)cccc2OC)CC1. The summed E-state index contributed by atoms with van der Waals surface area (Å²) < 4.78 is 10.6. The number of benzene rings is 2. The first kappa shape index (κ1) is 17.0. The van der Waals surface area contributed by atoms with Gasteiger partial charge in [-0.25, -0.2) is 0 Å². The number of phenolic OH excluding ortho intramolecular Hbond substituents is 1. The summed E-state index contributed by atoms with van der Waals surface area (Å²) in [5.41, 5.74) is 1.24. The van der Waals surface area contributed by atoms with Gasteiger partial charge in [-0.15, -0.1) is 0 Å². The zero-order valence-electron chi connectivity index (χ0n) is 14.4. The lowest BCUT2D eigenvalue weighted by Gasteiger charge is -2.36. The average Bonchev–Trinajstić information content (AvgIpc) is 2.67. The van der Waals surface area contributed by atoms with E-state index in [9.17, 15) is 9.90 Å². The molecule has 1 aliphatic heterocycles. The Balaban J connectivity index is 1.74. The van der Waals surface area contributed by atoms with Crippen LogP contribution >= 0.6 is 0 Å². The molecule has 0 saturated carbocycles. The zero-order valence-corrected chi connectivity index (χ0v) is 14.4. The molecule has 0 radical (unpaired) electrons. The quantitative estimate of drug-likeness (QED) is 0.924. The molecule has 3 rings (SSSR count). The van der Waals surface area contributed by atoms with Gasteiger partial charge >= 0.3 is 0 Å². The summed E-state index contributed by atoms with van der Waals surface area (Å²) in [6.07, 6.45) is 0. The Hall–Kier alpha value is -2.89. The van der Waals surface area contributed by atoms with Crippen LogP contribution in [0.15, 0.2) is 42.5 Å². The van der Waals surface area contributed by atoms with Gasteiger partial charge in [0.25, 0.3) is 5.91 Å². The molecule has 1 N–H and O–H groups in total. The minimum Gasteiger partial charge on any atom is -0.507 e. The predicted molar refractivity (Wildman–Crippen MR) is 95.8 cm³/mol. The fourth-order valence-electron chi connectivity index (χ4n) is 3.10. The van der Waals surface area contributed by atoms with Gasteiger partial charge in [0.1, 0.15) is 22.8 Å². The number of nitrogens with zero attached hydrogens (tertiary/aromatic N) is 2. The predicted octanol–water partition coefficient (Wildman–Crippen LogP) is 2.37. The molecular weight excluding hydrogens is 320 g/mol. The summed E-state index contributed by atoms with van der Waals surface area (Å²) >= 11 is 0. The maximum Gasteiger partial charge on any atom is 0.261 e. The van der Waals surface area contributed by atoms with Gasteiger partial charge in [-0.1, -0.05) is 18.2 Å². The number of piperazine rings is 1. The highest BCUT2D eigenvalue weighted by atomic mass is 16.5. The second kappa shape index (κ2) is 7.34. The Labute approximate surface area is 147 Å². The minimum absolute atomic E-state index is 0.0588. The smallest absolute Gasteiger partial charge is 0.261 e. The molecule has 1 fully saturated rings. The molecule has 2 aromatic carbocycles. The van der Waals surface area contributed by atoms with Crippen LogP contribution in [0.25, 0.3) is 0 Å². The van der Waals surface area contributed by atoms with Gasteiger partial charge in [-0.05, 0) is 24.3 Å². The van der Waals surface area contributed by atoms with Gasteiger partial charge in [0, 0.05) is 26.2 Å². The van der Waals surface area contributed by atoms with Crippen LogP contribution in [0.1, 0.15) is 10.4 Å². The number of anilines is 1. The molecule has 25 heavy (non-hydrogen) atoms. The van der Waals surface area contributed by atoms with Gasteiger partial charge in [-0.2, -0.15) is 0 Å². The molecule has 1 saturated heterocycles. The lowest BCUT2D eigenvalue weighted by Crippen LogP contribution is -2.49. The summed E-state index contributed by atoms with van der Waals surface area (Å²) in [5, 5.41) is 10.1. The molecule has 0 spiro atoms. The summed E-state index contributed by atoms with van der Waals surface area (Å²) in [6.45, 7) is 2.52. The fourth-order valence-corrected chi connectivity index (χ4v) is 3.10. The number of rotatable bonds is 4. The molecule has 1 amide bonds. The van der Waals surface area contributed by atoms with E-state index in [1.165, 1.54) is 13.2 Å². The molecule has 0 aliphatic carbocycles. The first-order valence-corrected chi connectivity index (χ1v) is 8.19. The van der Waals surface area contributed by atoms with Crippen LogP contribution in [0.3, 0.4) is 0 Å². The van der Waals surface area contributed by atoms with Gasteiger partial charge < -0.3 is 24.4 Å². The number of methoxy groups -OCH3 is 2. The lowest BCUT2D eigenvalue weighted by atomic mass is 10.1. The van der Waals surface area contributed by atoms with Crippen molar-refractivity contribution < 1.29 is 19.4 Å². The van der Waals surface area contributed by atoms with Crippen molar-refractivity contribution in [2.75, 3.05) is 45.3 Å². The minimum atomic E-state index is -0.213. The van der Waals surface area contributed by atoms with Crippen LogP contribution in [0, 0.1) is 0 Å². The van der Waals surface area contributed by atoms with Crippen LogP contribution < -0.4 is 14.4 Å². The Morgan fingerprint density at radius 3 is 2.24 bits per heavy atom. The van der Waals surface area contributed by atoms with Crippen molar-refractivity contribution in [3.63, 3.8) is 0 Å². The zero-order chi connectivity index (χ0) is 17.8. The topological polar surface area (TPSA) is 62.2 Å². The van der Waals surface area contributed by atoms with Gasteiger partial charge in [0.2, 0.25) is 0 Å². The number of carbonyl (C=O) groups is 1. The molecule has 0 unspecified atom stereocenters. The standard InChI is InChI=1S/C19H22N2O4/c1-24-16-8-4-3-6-14(16)20-10-12-21(13-11-20)19(23)18-15(22)7-5-9-17(18)25-2/h3-9,22H,10-13H2,1-2H3. The van der Waals surface area contributed by atoms with Crippen molar-refractivity contribution in [3.8, 4) is 17.2 Å². The van der Waals surface area contributed by atoms with Crippen LogP contribution in [-0.2, 0) is 0 Å². The van der Waals surface area contributed by atoms with E-state index in [1.807, 2.05) is 24.3 Å². The third-order valence-corrected chi connectivity index (χ3v) is 4.43. The van der Waals surface area contributed by atoms with Crippen molar-refractivity contribution in [3.05, 3.63) is 48.0 Å². The molecule has 132 valence electrons. The molecule has 0 atom stereocenters. The third kappa shape index (κ3) is 3.33. The van der Waals surface area contributed by atoms with Crippen molar-refractivity contribution in [1.29, 1.82) is 0 Å². The van der Waals surface area contributed by atoms with Crippen molar-refractivity contribution in [2.24, 2.45) is 0 Å². The average molecular weight is 342 g/mol. The number of para-hydroxylation sites is 2. The Kier molecular flexibility index (Phi) is 4.97. The Morgan fingerprint density at radius 2 is 1.56 bits per heavy atom. The summed E-state index contributed by atoms with van der Waals surface area (Å²) in [6, 6.07) is 12.7. The highest BCUT2D eigenvalue weighted by Crippen LogP contribution is 2.31. The van der Waals surface area contributed by atoms with Crippen molar-refractivity contribution >= 4 is 11.6 Å². The third-order valence-electron chi connectivity index (χ3n) is 4.43. The van der Waals surface area contributed by atoms with E-state index in [2.05, 4.69) is 4.90 Å². The number of amides is 1. The molecule has 0 aromatic heterocycles. The van der Waals surface area contributed by atoms with E-state index < -0.39 is 0 Å². The summed E-state index contributed by atoms with van der Waals surface area (Å²) in [7, 11) is 3.15. The van der Waals surface area contributed by atoms with E-state index >= 15 is 0 Å². The number of hydrogen-bond donors (Lipinski definition) is 1. The summed E-state index contributed by atoms with van der Waals surface area (Å²) in [5.74, 6) is 0.938. The summed E-state index contributed by atoms with van der Waals surface area (Å²) in [4.78, 5) is 16.7. The lowest BCUT2D eigenvalue weighted by molar-refractivity contribution is 0.0740. The number of phenols is 1. The maximum atomic E-state index is 12.8. The first-order chi connectivity index (χ1) is 12.2.